The van der Waals surface area contributed by atoms with E-state index in [1.807, 2.05) is 0 Å². The molecule has 0 radical (unpaired) electrons. The molecule has 1 N–H and O–H groups in total. The van der Waals surface area contributed by atoms with Crippen LogP contribution in [0.25, 0.3) is 10.9 Å². The van der Waals surface area contributed by atoms with Crippen molar-refractivity contribution >= 4 is 16.7 Å². The summed E-state index contributed by atoms with van der Waals surface area (Å²) in [5, 5.41) is 19.5. The number of hydrogen-bond donors (Lipinski definition) is 1. The minimum absolute atomic E-state index is 0.300. The van der Waals surface area contributed by atoms with Crippen LogP contribution in [0.1, 0.15) is 0 Å². The predicted octanol–water partition coefficient (Wildman–Crippen LogP) is 1.39. The molecule has 2 heterocycles. The van der Waals surface area contributed by atoms with Crippen LogP contribution in [0.4, 0.5) is 5.82 Å². The van der Waals surface area contributed by atoms with E-state index in [1.54, 1.807) is 12.1 Å². The predicted molar refractivity (Wildman–Crippen MR) is 49.4 cm³/mol. The van der Waals surface area contributed by atoms with Crippen LogP contribution in [0, 0.1) is 10.1 Å². The Balaban J connectivity index is 2.81. The number of nitro groups is 1. The number of fused-ring (bicyclic) bond motifs is 1. The quantitative estimate of drug-likeness (QED) is 0.453. The number of nitrogens with zero attached hydrogens (tertiary/aromatic N) is 3. The molecule has 0 saturated carbocycles. The molecule has 0 aliphatic carbocycles. The molecule has 7 nitrogen and oxygen atoms in total. The Hall–Kier alpha value is -2.28. The first-order valence-electron chi connectivity index (χ1n) is 3.93. The van der Waals surface area contributed by atoms with Gasteiger partial charge in [-0.3, -0.25) is 4.98 Å². The Morgan fingerprint density at radius 1 is 1.47 bits per heavy atom. The zero-order chi connectivity index (χ0) is 10.8. The Kier molecular flexibility index (Phi) is 2.14. The molecule has 0 unspecified atom stereocenters. The van der Waals surface area contributed by atoms with Crippen molar-refractivity contribution in [3.05, 3.63) is 34.6 Å². The number of rotatable bonds is 2. The normalized spacial score (nSPS) is 10.2. The van der Waals surface area contributed by atoms with Gasteiger partial charge in [0.25, 0.3) is 5.75 Å². The third-order valence-corrected chi connectivity index (χ3v) is 1.86. The molecule has 7 heteroatoms. The third kappa shape index (κ3) is 1.44. The molecule has 76 valence electrons. The summed E-state index contributed by atoms with van der Waals surface area (Å²) in [6.07, 6.45) is 2.76. The summed E-state index contributed by atoms with van der Waals surface area (Å²) >= 11 is 0. The van der Waals surface area contributed by atoms with Crippen LogP contribution in [0.5, 0.6) is 5.75 Å². The van der Waals surface area contributed by atoms with Crippen molar-refractivity contribution in [1.82, 2.24) is 9.97 Å². The van der Waals surface area contributed by atoms with Gasteiger partial charge in [0.15, 0.2) is 6.20 Å². The molecular weight excluding hydrogens is 202 g/mol. The zero-order valence-corrected chi connectivity index (χ0v) is 7.32. The van der Waals surface area contributed by atoms with Gasteiger partial charge in [-0.2, -0.15) is 0 Å². The molecular formula is C8H5N3O4. The van der Waals surface area contributed by atoms with E-state index in [4.69, 9.17) is 5.26 Å². The lowest BCUT2D eigenvalue weighted by molar-refractivity contribution is -0.392. The van der Waals surface area contributed by atoms with Crippen molar-refractivity contribution in [3.8, 4) is 5.75 Å². The molecule has 2 aromatic rings. The molecule has 0 aromatic carbocycles. The van der Waals surface area contributed by atoms with Gasteiger partial charge in [-0.05, 0) is 22.0 Å². The van der Waals surface area contributed by atoms with E-state index in [0.717, 1.165) is 0 Å². The van der Waals surface area contributed by atoms with Gasteiger partial charge >= 0.3 is 5.82 Å². The van der Waals surface area contributed by atoms with E-state index in [2.05, 4.69) is 14.9 Å². The summed E-state index contributed by atoms with van der Waals surface area (Å²) in [4.78, 5) is 21.2. The van der Waals surface area contributed by atoms with Crippen LogP contribution in [0.15, 0.2) is 24.5 Å². The van der Waals surface area contributed by atoms with E-state index in [-0.39, 0.29) is 5.75 Å². The maximum absolute atomic E-state index is 10.6. The van der Waals surface area contributed by atoms with Crippen molar-refractivity contribution in [3.63, 3.8) is 0 Å². The monoisotopic (exact) mass is 207 g/mol. The second-order valence-corrected chi connectivity index (χ2v) is 2.70. The summed E-state index contributed by atoms with van der Waals surface area (Å²) in [5.74, 6) is -0.844. The minimum atomic E-state index is -0.738. The smallest absolute Gasteiger partial charge is 0.358 e. The van der Waals surface area contributed by atoms with Crippen molar-refractivity contribution in [2.24, 2.45) is 0 Å². The SMILES string of the molecule is O=[N+]([O-])c1ncc2ncccc2c1OO. The molecule has 0 bridgehead atoms. The highest BCUT2D eigenvalue weighted by Crippen LogP contribution is 2.31. The van der Waals surface area contributed by atoms with Gasteiger partial charge in [-0.1, -0.05) is 0 Å². The molecule has 0 saturated heterocycles. The molecule has 0 aliphatic heterocycles. The van der Waals surface area contributed by atoms with E-state index >= 15 is 0 Å². The lowest BCUT2D eigenvalue weighted by atomic mass is 10.2. The van der Waals surface area contributed by atoms with Crippen LogP contribution in [0.2, 0.25) is 0 Å². The number of hydrogen-bond acceptors (Lipinski definition) is 6. The molecule has 2 rings (SSSR count). The van der Waals surface area contributed by atoms with Crippen LogP contribution < -0.4 is 4.89 Å². The fourth-order valence-corrected chi connectivity index (χ4v) is 1.23. The standard InChI is InChI=1S/C8H5N3O4/c12-11(13)8-7(15-14)5-2-1-3-9-6(5)4-10-8/h1-4,14H. The van der Waals surface area contributed by atoms with Crippen molar-refractivity contribution in [1.29, 1.82) is 0 Å². The maximum atomic E-state index is 10.6. The van der Waals surface area contributed by atoms with Gasteiger partial charge < -0.3 is 15.0 Å². The molecule has 0 amide bonds. The number of pyridine rings is 2. The fourth-order valence-electron chi connectivity index (χ4n) is 1.23. The Morgan fingerprint density at radius 3 is 2.93 bits per heavy atom. The maximum Gasteiger partial charge on any atom is 0.411 e. The van der Waals surface area contributed by atoms with Gasteiger partial charge in [-0.15, -0.1) is 0 Å². The first-order chi connectivity index (χ1) is 7.24. The first-order valence-corrected chi connectivity index (χ1v) is 3.93. The molecule has 0 spiro atoms. The van der Waals surface area contributed by atoms with Crippen LogP contribution >= 0.6 is 0 Å². The van der Waals surface area contributed by atoms with Crippen LogP contribution in [-0.2, 0) is 0 Å². The molecule has 0 fully saturated rings. The summed E-state index contributed by atoms with van der Waals surface area (Å²) < 4.78 is 0. The molecule has 15 heavy (non-hydrogen) atoms. The minimum Gasteiger partial charge on any atom is -0.358 e. The summed E-state index contributed by atoms with van der Waals surface area (Å²) in [5.41, 5.74) is 0.409. The van der Waals surface area contributed by atoms with Crippen molar-refractivity contribution in [2.45, 2.75) is 0 Å². The number of aromatic nitrogens is 2. The average molecular weight is 207 g/mol. The van der Waals surface area contributed by atoms with Crippen LogP contribution in [0.3, 0.4) is 0 Å². The molecule has 0 atom stereocenters. The van der Waals surface area contributed by atoms with E-state index in [9.17, 15) is 10.1 Å². The lowest BCUT2D eigenvalue weighted by Crippen LogP contribution is -1.98. The third-order valence-electron chi connectivity index (χ3n) is 1.86. The highest BCUT2D eigenvalue weighted by molar-refractivity contribution is 5.86. The van der Waals surface area contributed by atoms with Crippen LogP contribution in [-0.4, -0.2) is 20.1 Å². The highest BCUT2D eigenvalue weighted by atomic mass is 17.1. The zero-order valence-electron chi connectivity index (χ0n) is 7.32. The summed E-state index contributed by atoms with van der Waals surface area (Å²) in [6, 6.07) is 3.12. The summed E-state index contributed by atoms with van der Waals surface area (Å²) in [7, 11) is 0. The molecule has 0 aliphatic rings. The van der Waals surface area contributed by atoms with Gasteiger partial charge in [0.1, 0.15) is 5.52 Å². The van der Waals surface area contributed by atoms with E-state index in [1.165, 1.54) is 12.4 Å². The second-order valence-electron chi connectivity index (χ2n) is 2.70. The van der Waals surface area contributed by atoms with Gasteiger partial charge in [-0.25, -0.2) is 5.26 Å². The Labute approximate surface area is 83.0 Å². The lowest BCUT2D eigenvalue weighted by Gasteiger charge is -2.01. The Bertz CT molecular complexity index is 528. The molecule has 2 aromatic heterocycles. The second kappa shape index (κ2) is 3.46. The van der Waals surface area contributed by atoms with E-state index in [0.29, 0.717) is 10.9 Å². The highest BCUT2D eigenvalue weighted by Gasteiger charge is 2.21. The van der Waals surface area contributed by atoms with E-state index < -0.39 is 10.7 Å². The first kappa shape index (κ1) is 9.28. The van der Waals surface area contributed by atoms with Crippen molar-refractivity contribution < 1.29 is 15.1 Å². The van der Waals surface area contributed by atoms with Gasteiger partial charge in [0.2, 0.25) is 0 Å². The Morgan fingerprint density at radius 2 is 2.27 bits per heavy atom. The van der Waals surface area contributed by atoms with Gasteiger partial charge in [0.05, 0.1) is 5.39 Å². The fraction of sp³-hybridized carbons (Fsp3) is 0. The summed E-state index contributed by atoms with van der Waals surface area (Å²) in [6.45, 7) is 0. The largest absolute Gasteiger partial charge is 0.411 e. The topological polar surface area (TPSA) is 98.4 Å². The van der Waals surface area contributed by atoms with Gasteiger partial charge in [0, 0.05) is 6.20 Å². The van der Waals surface area contributed by atoms with Crippen molar-refractivity contribution in [2.75, 3.05) is 0 Å². The average Bonchev–Trinajstić information content (AvgIpc) is 2.27.